The van der Waals surface area contributed by atoms with Gasteiger partial charge in [-0.05, 0) is 12.0 Å². The number of amides is 1. The average Bonchev–Trinajstić information content (AvgIpc) is 2.40. The van der Waals surface area contributed by atoms with Gasteiger partial charge in [-0.2, -0.15) is 0 Å². The molecule has 98 valence electrons. The molecule has 0 aromatic heterocycles. The molecule has 1 rings (SSSR count). The van der Waals surface area contributed by atoms with E-state index < -0.39 is 0 Å². The number of carbonyl (C=O) groups is 1. The minimum absolute atomic E-state index is 0.0884. The van der Waals surface area contributed by atoms with Crippen LogP contribution in [0.2, 0.25) is 0 Å². The van der Waals surface area contributed by atoms with E-state index in [1.807, 2.05) is 35.2 Å². The van der Waals surface area contributed by atoms with Crippen LogP contribution in [0.25, 0.3) is 0 Å². The second kappa shape index (κ2) is 7.67. The van der Waals surface area contributed by atoms with Gasteiger partial charge in [0, 0.05) is 19.6 Å². The molecule has 0 saturated heterocycles. The van der Waals surface area contributed by atoms with E-state index in [2.05, 4.69) is 13.5 Å². The summed E-state index contributed by atoms with van der Waals surface area (Å²) in [4.78, 5) is 14.3. The lowest BCUT2D eigenvalue weighted by molar-refractivity contribution is -0.132. The molecule has 0 heterocycles. The largest absolute Gasteiger partial charge is 0.338 e. The SMILES string of the molecule is C=CCN(CCC)C(=O)C(CN)c1ccccc1. The van der Waals surface area contributed by atoms with Crippen LogP contribution in [0.4, 0.5) is 0 Å². The molecule has 1 amide bonds. The molecule has 1 aromatic rings. The first-order valence-electron chi connectivity index (χ1n) is 6.39. The van der Waals surface area contributed by atoms with Crippen molar-refractivity contribution in [3.63, 3.8) is 0 Å². The van der Waals surface area contributed by atoms with Crippen molar-refractivity contribution in [3.05, 3.63) is 48.6 Å². The van der Waals surface area contributed by atoms with E-state index in [1.165, 1.54) is 0 Å². The predicted molar refractivity (Wildman–Crippen MR) is 75.3 cm³/mol. The van der Waals surface area contributed by atoms with Gasteiger partial charge in [0.05, 0.1) is 5.92 Å². The number of rotatable bonds is 7. The fraction of sp³-hybridized carbons (Fsp3) is 0.400. The molecule has 0 bridgehead atoms. The molecule has 0 spiro atoms. The standard InChI is InChI=1S/C15H22N2O/c1-3-10-17(11-4-2)15(18)14(12-16)13-8-6-5-7-9-13/h3,5-9,14H,1,4,10-12,16H2,2H3. The highest BCUT2D eigenvalue weighted by atomic mass is 16.2. The van der Waals surface area contributed by atoms with Crippen LogP contribution in [0.1, 0.15) is 24.8 Å². The number of nitrogens with zero attached hydrogens (tertiary/aromatic N) is 1. The van der Waals surface area contributed by atoms with Crippen molar-refractivity contribution in [3.8, 4) is 0 Å². The van der Waals surface area contributed by atoms with E-state index in [-0.39, 0.29) is 11.8 Å². The summed E-state index contributed by atoms with van der Waals surface area (Å²) >= 11 is 0. The molecule has 18 heavy (non-hydrogen) atoms. The fourth-order valence-electron chi connectivity index (χ4n) is 2.00. The van der Waals surface area contributed by atoms with Gasteiger partial charge in [-0.25, -0.2) is 0 Å². The lowest BCUT2D eigenvalue weighted by Crippen LogP contribution is -2.38. The summed E-state index contributed by atoms with van der Waals surface area (Å²) in [5, 5.41) is 0. The third-order valence-electron chi connectivity index (χ3n) is 2.89. The first-order chi connectivity index (χ1) is 8.74. The van der Waals surface area contributed by atoms with Gasteiger partial charge in [-0.15, -0.1) is 6.58 Å². The van der Waals surface area contributed by atoms with Crippen molar-refractivity contribution in [1.29, 1.82) is 0 Å². The van der Waals surface area contributed by atoms with Crippen LogP contribution in [0, 0.1) is 0 Å². The number of benzene rings is 1. The van der Waals surface area contributed by atoms with Crippen molar-refractivity contribution in [2.75, 3.05) is 19.6 Å². The molecular weight excluding hydrogens is 224 g/mol. The zero-order valence-corrected chi connectivity index (χ0v) is 11.0. The second-order valence-corrected chi connectivity index (χ2v) is 4.27. The molecule has 0 radical (unpaired) electrons. The van der Waals surface area contributed by atoms with E-state index in [9.17, 15) is 4.79 Å². The van der Waals surface area contributed by atoms with E-state index in [4.69, 9.17) is 5.73 Å². The Morgan fingerprint density at radius 3 is 2.61 bits per heavy atom. The van der Waals surface area contributed by atoms with Crippen LogP contribution in [-0.2, 0) is 4.79 Å². The van der Waals surface area contributed by atoms with Gasteiger partial charge in [-0.1, -0.05) is 43.3 Å². The van der Waals surface area contributed by atoms with Gasteiger partial charge in [0.25, 0.3) is 0 Å². The third kappa shape index (κ3) is 3.70. The molecule has 0 fully saturated rings. The number of carbonyl (C=O) groups excluding carboxylic acids is 1. The lowest BCUT2D eigenvalue weighted by Gasteiger charge is -2.25. The lowest BCUT2D eigenvalue weighted by atomic mass is 9.97. The van der Waals surface area contributed by atoms with Crippen LogP contribution in [0.15, 0.2) is 43.0 Å². The quantitative estimate of drug-likeness (QED) is 0.749. The summed E-state index contributed by atoms with van der Waals surface area (Å²) in [5.74, 6) is -0.164. The van der Waals surface area contributed by atoms with Crippen molar-refractivity contribution in [2.24, 2.45) is 5.73 Å². The summed E-state index contributed by atoms with van der Waals surface area (Å²) in [6.45, 7) is 7.41. The van der Waals surface area contributed by atoms with Gasteiger partial charge in [0.1, 0.15) is 0 Å². The van der Waals surface area contributed by atoms with Gasteiger partial charge in [-0.3, -0.25) is 4.79 Å². The fourth-order valence-corrected chi connectivity index (χ4v) is 2.00. The highest BCUT2D eigenvalue weighted by Gasteiger charge is 2.23. The first-order valence-corrected chi connectivity index (χ1v) is 6.39. The smallest absolute Gasteiger partial charge is 0.231 e. The summed E-state index contributed by atoms with van der Waals surface area (Å²) < 4.78 is 0. The molecule has 1 unspecified atom stereocenters. The van der Waals surface area contributed by atoms with Crippen LogP contribution in [-0.4, -0.2) is 30.4 Å². The van der Waals surface area contributed by atoms with Crippen LogP contribution in [0.5, 0.6) is 0 Å². The molecule has 1 atom stereocenters. The van der Waals surface area contributed by atoms with E-state index in [1.54, 1.807) is 6.08 Å². The Labute approximate surface area is 109 Å². The van der Waals surface area contributed by atoms with Crippen molar-refractivity contribution in [2.45, 2.75) is 19.3 Å². The summed E-state index contributed by atoms with van der Waals surface area (Å²) in [5.41, 5.74) is 6.74. The third-order valence-corrected chi connectivity index (χ3v) is 2.89. The molecule has 0 aliphatic heterocycles. The van der Waals surface area contributed by atoms with Crippen LogP contribution in [0.3, 0.4) is 0 Å². The molecular formula is C15H22N2O. The molecule has 0 saturated carbocycles. The van der Waals surface area contributed by atoms with Gasteiger partial charge < -0.3 is 10.6 Å². The predicted octanol–water partition coefficient (Wildman–Crippen LogP) is 2.15. The van der Waals surface area contributed by atoms with E-state index >= 15 is 0 Å². The Bertz CT molecular complexity index is 375. The average molecular weight is 246 g/mol. The Morgan fingerprint density at radius 1 is 1.44 bits per heavy atom. The molecule has 3 nitrogen and oxygen atoms in total. The Morgan fingerprint density at radius 2 is 2.11 bits per heavy atom. The minimum atomic E-state index is -0.252. The van der Waals surface area contributed by atoms with Crippen molar-refractivity contribution >= 4 is 5.91 Å². The summed E-state index contributed by atoms with van der Waals surface area (Å²) in [6.07, 6.45) is 2.69. The van der Waals surface area contributed by atoms with Gasteiger partial charge in [0.2, 0.25) is 5.91 Å². The zero-order chi connectivity index (χ0) is 13.4. The molecule has 1 aromatic carbocycles. The van der Waals surface area contributed by atoms with Crippen LogP contribution < -0.4 is 5.73 Å². The second-order valence-electron chi connectivity index (χ2n) is 4.27. The monoisotopic (exact) mass is 246 g/mol. The maximum absolute atomic E-state index is 12.5. The molecule has 2 N–H and O–H groups in total. The van der Waals surface area contributed by atoms with Crippen LogP contribution >= 0.6 is 0 Å². The number of hydrogen-bond acceptors (Lipinski definition) is 2. The maximum Gasteiger partial charge on any atom is 0.231 e. The normalized spacial score (nSPS) is 11.9. The topological polar surface area (TPSA) is 46.3 Å². The van der Waals surface area contributed by atoms with Gasteiger partial charge >= 0.3 is 0 Å². The van der Waals surface area contributed by atoms with E-state index in [0.29, 0.717) is 13.1 Å². The molecule has 3 heteroatoms. The first kappa shape index (κ1) is 14.5. The Kier molecular flexibility index (Phi) is 6.15. The van der Waals surface area contributed by atoms with E-state index in [0.717, 1.165) is 18.5 Å². The Hall–Kier alpha value is -1.61. The molecule has 0 aliphatic rings. The highest BCUT2D eigenvalue weighted by Crippen LogP contribution is 2.17. The Balaban J connectivity index is 2.86. The van der Waals surface area contributed by atoms with Crippen molar-refractivity contribution in [1.82, 2.24) is 4.90 Å². The summed E-state index contributed by atoms with van der Waals surface area (Å²) in [7, 11) is 0. The van der Waals surface area contributed by atoms with Crippen molar-refractivity contribution < 1.29 is 4.79 Å². The minimum Gasteiger partial charge on any atom is -0.338 e. The highest BCUT2D eigenvalue weighted by molar-refractivity contribution is 5.84. The maximum atomic E-state index is 12.5. The summed E-state index contributed by atoms with van der Waals surface area (Å²) in [6, 6.07) is 9.71. The number of hydrogen-bond donors (Lipinski definition) is 1. The van der Waals surface area contributed by atoms with Gasteiger partial charge in [0.15, 0.2) is 0 Å². The zero-order valence-electron chi connectivity index (χ0n) is 11.0. The number of nitrogens with two attached hydrogens (primary N) is 1. The molecule has 0 aliphatic carbocycles.